The first-order valence-electron chi connectivity index (χ1n) is 11.9. The average molecular weight is 419 g/mol. The molecule has 0 spiro atoms. The van der Waals surface area contributed by atoms with Crippen molar-refractivity contribution in [2.45, 2.75) is 98.2 Å². The highest BCUT2D eigenvalue weighted by molar-refractivity contribution is 5.79. The molecule has 0 aromatic rings. The first-order valence-corrected chi connectivity index (χ1v) is 11.9. The predicted molar refractivity (Wildman–Crippen MR) is 112 cm³/mol. The van der Waals surface area contributed by atoms with Crippen molar-refractivity contribution in [1.29, 1.82) is 0 Å². The fraction of sp³-hybridized carbons (Fsp3) is 0.880. The third-order valence-corrected chi connectivity index (χ3v) is 9.75. The lowest BCUT2D eigenvalue weighted by Gasteiger charge is -2.62. The van der Waals surface area contributed by atoms with Crippen molar-refractivity contribution in [2.75, 3.05) is 0 Å². The van der Waals surface area contributed by atoms with Crippen LogP contribution in [0.25, 0.3) is 0 Å². The van der Waals surface area contributed by atoms with Gasteiger partial charge in [-0.2, -0.15) is 0 Å². The van der Waals surface area contributed by atoms with E-state index in [-0.39, 0.29) is 46.8 Å². The maximum atomic E-state index is 12.4. The lowest BCUT2D eigenvalue weighted by Crippen LogP contribution is -2.59. The van der Waals surface area contributed by atoms with E-state index in [0.29, 0.717) is 23.5 Å². The molecule has 4 aliphatic carbocycles. The molecule has 0 aromatic carbocycles. The second kappa shape index (κ2) is 7.63. The van der Waals surface area contributed by atoms with Gasteiger partial charge in [-0.1, -0.05) is 13.8 Å². The normalized spacial score (nSPS) is 47.4. The first kappa shape index (κ1) is 21.8. The fourth-order valence-corrected chi connectivity index (χ4v) is 8.58. The molecular weight excluding hydrogens is 380 g/mol. The Labute approximate surface area is 180 Å². The lowest BCUT2D eigenvalue weighted by molar-refractivity contribution is -0.196. The molecule has 4 fully saturated rings. The van der Waals surface area contributed by atoms with Crippen LogP contribution in [0.3, 0.4) is 0 Å². The molecule has 9 atom stereocenters. The molecule has 4 saturated carbocycles. The Morgan fingerprint density at radius 2 is 1.37 bits per heavy atom. The van der Waals surface area contributed by atoms with Gasteiger partial charge in [0.1, 0.15) is 18.0 Å². The largest absolute Gasteiger partial charge is 0.463 e. The van der Waals surface area contributed by atoms with Crippen molar-refractivity contribution in [3.05, 3.63) is 0 Å². The van der Waals surface area contributed by atoms with Crippen molar-refractivity contribution >= 4 is 17.7 Å². The minimum atomic E-state index is -0.226. The molecule has 0 N–H and O–H groups in total. The second-order valence-corrected chi connectivity index (χ2v) is 11.2. The number of carbonyl (C=O) groups is 3. The van der Waals surface area contributed by atoms with Crippen LogP contribution in [-0.4, -0.2) is 29.9 Å². The molecule has 0 unspecified atom stereocenters. The van der Waals surface area contributed by atoms with E-state index in [9.17, 15) is 14.4 Å². The molecule has 5 nitrogen and oxygen atoms in total. The number of esters is 2. The van der Waals surface area contributed by atoms with Gasteiger partial charge in [-0.3, -0.25) is 14.4 Å². The Balaban J connectivity index is 1.64. The van der Waals surface area contributed by atoms with Gasteiger partial charge in [0.25, 0.3) is 0 Å². The summed E-state index contributed by atoms with van der Waals surface area (Å²) in [5, 5.41) is 0. The molecular formula is C25H38O5. The van der Waals surface area contributed by atoms with E-state index in [0.717, 1.165) is 51.4 Å². The van der Waals surface area contributed by atoms with Crippen molar-refractivity contribution in [3.63, 3.8) is 0 Å². The van der Waals surface area contributed by atoms with Gasteiger partial charge in [-0.15, -0.1) is 0 Å². The van der Waals surface area contributed by atoms with Crippen molar-refractivity contribution < 1.29 is 23.9 Å². The summed E-state index contributed by atoms with van der Waals surface area (Å²) in [7, 11) is 0. The van der Waals surface area contributed by atoms with Crippen LogP contribution in [0.2, 0.25) is 0 Å². The van der Waals surface area contributed by atoms with Crippen LogP contribution in [0.15, 0.2) is 0 Å². The summed E-state index contributed by atoms with van der Waals surface area (Å²) in [6.45, 7) is 9.49. The van der Waals surface area contributed by atoms with E-state index in [1.165, 1.54) is 13.8 Å². The Kier molecular flexibility index (Phi) is 5.55. The monoisotopic (exact) mass is 418 g/mol. The molecule has 0 heterocycles. The van der Waals surface area contributed by atoms with E-state index in [1.807, 2.05) is 0 Å². The number of fused-ring (bicyclic) bond motifs is 5. The average Bonchev–Trinajstić information content (AvgIpc) is 2.99. The number of ketones is 1. The molecule has 0 radical (unpaired) electrons. The topological polar surface area (TPSA) is 69.7 Å². The summed E-state index contributed by atoms with van der Waals surface area (Å²) < 4.78 is 11.5. The smallest absolute Gasteiger partial charge is 0.302 e. The third-order valence-electron chi connectivity index (χ3n) is 9.75. The Morgan fingerprint density at radius 3 is 2.00 bits per heavy atom. The molecule has 168 valence electrons. The SMILES string of the molecule is CC(=O)O[C@H]1CC[C@]2(C)[C@@H]3CC[C@]4(C)[C@@H](C(C)=O)CC[C@@H]4[C@@H]3C[C@H](OC(C)=O)[C@H]2C1. The van der Waals surface area contributed by atoms with Crippen LogP contribution >= 0.6 is 0 Å². The highest BCUT2D eigenvalue weighted by Crippen LogP contribution is 2.67. The van der Waals surface area contributed by atoms with Crippen LogP contribution < -0.4 is 0 Å². The maximum Gasteiger partial charge on any atom is 0.302 e. The highest BCUT2D eigenvalue weighted by Gasteiger charge is 2.63. The summed E-state index contributed by atoms with van der Waals surface area (Å²) in [4.78, 5) is 35.9. The number of carbonyl (C=O) groups excluding carboxylic acids is 3. The third kappa shape index (κ3) is 3.40. The van der Waals surface area contributed by atoms with Crippen LogP contribution in [-0.2, 0) is 23.9 Å². The van der Waals surface area contributed by atoms with E-state index in [2.05, 4.69) is 13.8 Å². The van der Waals surface area contributed by atoms with Gasteiger partial charge >= 0.3 is 11.9 Å². The molecule has 0 bridgehead atoms. The predicted octanol–water partition coefficient (Wildman–Crippen LogP) is 4.71. The van der Waals surface area contributed by atoms with Crippen molar-refractivity contribution in [1.82, 2.24) is 0 Å². The van der Waals surface area contributed by atoms with Gasteiger partial charge in [0.15, 0.2) is 0 Å². The summed E-state index contributed by atoms with van der Waals surface area (Å²) in [6, 6.07) is 0. The van der Waals surface area contributed by atoms with Gasteiger partial charge in [0.05, 0.1) is 0 Å². The van der Waals surface area contributed by atoms with Crippen LogP contribution in [0.1, 0.15) is 86.0 Å². The van der Waals surface area contributed by atoms with E-state index in [1.54, 1.807) is 6.92 Å². The standard InChI is InChI=1S/C25H38O5/c1-14(26)19-6-7-20-18-13-23(30-16(3)28)22-12-17(29-15(2)27)8-10-25(22,5)21(18)9-11-24(19,20)4/h17-23H,6-13H2,1-5H3/t17-,18-,19+,20+,21+,22+,23-,24+,25+/m0/s1. The molecule has 0 aliphatic heterocycles. The number of rotatable bonds is 3. The molecule has 5 heteroatoms. The molecule has 4 rings (SSSR count). The minimum Gasteiger partial charge on any atom is -0.463 e. The Bertz CT molecular complexity index is 731. The molecule has 4 aliphatic rings. The first-order chi connectivity index (χ1) is 14.1. The molecule has 0 amide bonds. The van der Waals surface area contributed by atoms with Gasteiger partial charge < -0.3 is 9.47 Å². The van der Waals surface area contributed by atoms with Gasteiger partial charge in [-0.05, 0) is 86.9 Å². The number of hydrogen-bond donors (Lipinski definition) is 0. The Hall–Kier alpha value is -1.39. The lowest BCUT2D eigenvalue weighted by atomic mass is 9.44. The molecule has 0 saturated heterocycles. The summed E-state index contributed by atoms with van der Waals surface area (Å²) in [5.41, 5.74) is 0.182. The van der Waals surface area contributed by atoms with Gasteiger partial charge in [-0.25, -0.2) is 0 Å². The summed E-state index contributed by atoms with van der Waals surface area (Å²) in [6.07, 6.45) is 7.78. The number of Topliss-reactive ketones (excluding diaryl/α,β-unsaturated/α-hetero) is 1. The fourth-order valence-electron chi connectivity index (χ4n) is 8.58. The van der Waals surface area contributed by atoms with E-state index >= 15 is 0 Å². The zero-order chi connectivity index (χ0) is 21.8. The zero-order valence-electron chi connectivity index (χ0n) is 19.2. The van der Waals surface area contributed by atoms with Gasteiger partial charge in [0, 0.05) is 25.7 Å². The minimum absolute atomic E-state index is 0.0717. The quantitative estimate of drug-likeness (QED) is 0.621. The van der Waals surface area contributed by atoms with Crippen molar-refractivity contribution in [2.24, 2.45) is 40.4 Å². The Morgan fingerprint density at radius 1 is 0.733 bits per heavy atom. The zero-order valence-corrected chi connectivity index (χ0v) is 19.2. The summed E-state index contributed by atoms with van der Waals surface area (Å²) >= 11 is 0. The van der Waals surface area contributed by atoms with E-state index < -0.39 is 0 Å². The van der Waals surface area contributed by atoms with Crippen molar-refractivity contribution in [3.8, 4) is 0 Å². The van der Waals surface area contributed by atoms with Crippen LogP contribution in [0, 0.1) is 40.4 Å². The van der Waals surface area contributed by atoms with Crippen LogP contribution in [0.5, 0.6) is 0 Å². The van der Waals surface area contributed by atoms with Crippen LogP contribution in [0.4, 0.5) is 0 Å². The number of ether oxygens (including phenoxy) is 2. The van der Waals surface area contributed by atoms with E-state index in [4.69, 9.17) is 9.47 Å². The molecule has 30 heavy (non-hydrogen) atoms. The highest BCUT2D eigenvalue weighted by atomic mass is 16.5. The second-order valence-electron chi connectivity index (χ2n) is 11.2. The molecule has 0 aromatic heterocycles. The van der Waals surface area contributed by atoms with Gasteiger partial charge in [0.2, 0.25) is 0 Å². The summed E-state index contributed by atoms with van der Waals surface area (Å²) in [5.74, 6) is 1.94. The number of hydrogen-bond acceptors (Lipinski definition) is 5. The maximum absolute atomic E-state index is 12.4.